The van der Waals surface area contributed by atoms with Crippen molar-refractivity contribution in [1.82, 2.24) is 14.8 Å². The van der Waals surface area contributed by atoms with Gasteiger partial charge in [0.1, 0.15) is 0 Å². The summed E-state index contributed by atoms with van der Waals surface area (Å²) in [5.74, 6) is 0.0946. The molecule has 26 heavy (non-hydrogen) atoms. The van der Waals surface area contributed by atoms with E-state index in [2.05, 4.69) is 44.2 Å². The van der Waals surface area contributed by atoms with E-state index in [0.29, 0.717) is 5.56 Å². The number of aromatic nitrogens is 3. The van der Waals surface area contributed by atoms with Gasteiger partial charge < -0.3 is 5.32 Å². The predicted octanol–water partition coefficient (Wildman–Crippen LogP) is 5.00. The summed E-state index contributed by atoms with van der Waals surface area (Å²) in [7, 11) is 0. The van der Waals surface area contributed by atoms with E-state index in [1.54, 1.807) is 6.20 Å². The van der Waals surface area contributed by atoms with Crippen LogP contribution < -0.4 is 5.32 Å². The van der Waals surface area contributed by atoms with E-state index in [9.17, 15) is 4.79 Å². The van der Waals surface area contributed by atoms with Crippen molar-refractivity contribution in [3.63, 3.8) is 0 Å². The Morgan fingerprint density at radius 3 is 2.46 bits per heavy atom. The van der Waals surface area contributed by atoms with Gasteiger partial charge in [-0.25, -0.2) is 9.67 Å². The van der Waals surface area contributed by atoms with Gasteiger partial charge in [-0.15, -0.1) is 0 Å². The highest BCUT2D eigenvalue weighted by Gasteiger charge is 2.19. The summed E-state index contributed by atoms with van der Waals surface area (Å²) in [6, 6.07) is 8.08. The number of nitrogens with one attached hydrogen (secondary N) is 1. The quantitative estimate of drug-likeness (QED) is 0.720. The van der Waals surface area contributed by atoms with E-state index in [4.69, 9.17) is 4.98 Å². The monoisotopic (exact) mass is 350 g/mol. The molecule has 0 atom stereocenters. The molecule has 5 nitrogen and oxygen atoms in total. The highest BCUT2D eigenvalue weighted by molar-refractivity contribution is 6.12. The van der Waals surface area contributed by atoms with Gasteiger partial charge in [-0.1, -0.05) is 31.5 Å². The number of rotatable bonds is 4. The molecule has 0 aliphatic heterocycles. The molecule has 1 N–H and O–H groups in total. The van der Waals surface area contributed by atoms with Crippen LogP contribution >= 0.6 is 0 Å². The lowest BCUT2D eigenvalue weighted by molar-refractivity contribution is 0.102. The molecule has 3 rings (SSSR count). The van der Waals surface area contributed by atoms with Crippen LogP contribution in [0.3, 0.4) is 0 Å². The Morgan fingerprint density at radius 1 is 1.12 bits per heavy atom. The lowest BCUT2D eigenvalue weighted by Gasteiger charge is -2.13. The predicted molar refractivity (Wildman–Crippen MR) is 106 cm³/mol. The van der Waals surface area contributed by atoms with E-state index >= 15 is 0 Å². The summed E-state index contributed by atoms with van der Waals surface area (Å²) in [5.41, 5.74) is 5.32. The molecule has 0 aliphatic carbocycles. The van der Waals surface area contributed by atoms with Crippen molar-refractivity contribution >= 4 is 22.6 Å². The maximum Gasteiger partial charge on any atom is 0.256 e. The Balaban J connectivity index is 2.09. The number of amides is 1. The first-order chi connectivity index (χ1) is 12.3. The maximum absolute atomic E-state index is 13.0. The first kappa shape index (κ1) is 18.1. The Morgan fingerprint density at radius 2 is 1.85 bits per heavy atom. The maximum atomic E-state index is 13.0. The molecule has 0 spiro atoms. The zero-order chi connectivity index (χ0) is 19.0. The molecule has 0 aliphatic rings. The van der Waals surface area contributed by atoms with Crippen molar-refractivity contribution in [1.29, 1.82) is 0 Å². The lowest BCUT2D eigenvalue weighted by Crippen LogP contribution is -2.15. The van der Waals surface area contributed by atoms with Gasteiger partial charge in [0, 0.05) is 17.4 Å². The largest absolute Gasteiger partial charge is 0.322 e. The molecule has 0 radical (unpaired) electrons. The molecule has 0 bridgehead atoms. The van der Waals surface area contributed by atoms with Crippen molar-refractivity contribution in [2.45, 2.75) is 53.5 Å². The molecule has 3 aromatic rings. The minimum absolute atomic E-state index is 0.130. The molecular weight excluding hydrogens is 324 g/mol. The van der Waals surface area contributed by atoms with Gasteiger partial charge in [-0.05, 0) is 51.3 Å². The van der Waals surface area contributed by atoms with E-state index in [0.717, 1.165) is 28.0 Å². The number of hydrogen-bond donors (Lipinski definition) is 1. The summed E-state index contributed by atoms with van der Waals surface area (Å²) >= 11 is 0. The van der Waals surface area contributed by atoms with Gasteiger partial charge in [0.25, 0.3) is 5.91 Å². The molecule has 1 aromatic carbocycles. The van der Waals surface area contributed by atoms with Gasteiger partial charge in [-0.3, -0.25) is 4.79 Å². The molecule has 0 unspecified atom stereocenters. The zero-order valence-corrected chi connectivity index (χ0v) is 16.3. The SMILES string of the molecule is Cc1ccc(NC(=O)c2cc(C(C)C)nc3c2cnn3C(C)C)c(C)c1. The molecular formula is C21H26N4O. The number of benzene rings is 1. The van der Waals surface area contributed by atoms with Gasteiger partial charge in [0.15, 0.2) is 5.65 Å². The minimum atomic E-state index is -0.130. The van der Waals surface area contributed by atoms with Gasteiger partial charge in [0.05, 0.1) is 17.1 Å². The van der Waals surface area contributed by atoms with Gasteiger partial charge in [0.2, 0.25) is 0 Å². The van der Waals surface area contributed by atoms with Crippen molar-refractivity contribution in [3.8, 4) is 0 Å². The van der Waals surface area contributed by atoms with E-state index < -0.39 is 0 Å². The van der Waals surface area contributed by atoms with Crippen LogP contribution in [0, 0.1) is 13.8 Å². The molecule has 0 fully saturated rings. The van der Waals surface area contributed by atoms with Crippen LogP contribution in [0.5, 0.6) is 0 Å². The number of pyridine rings is 1. The van der Waals surface area contributed by atoms with E-state index in [1.807, 2.05) is 36.7 Å². The number of carbonyl (C=O) groups excluding carboxylic acids is 1. The van der Waals surface area contributed by atoms with E-state index in [-0.39, 0.29) is 17.9 Å². The Labute approximate surface area is 154 Å². The molecule has 136 valence electrons. The third-order valence-electron chi connectivity index (χ3n) is 4.54. The smallest absolute Gasteiger partial charge is 0.256 e. The number of carbonyl (C=O) groups is 1. The van der Waals surface area contributed by atoms with Crippen LogP contribution in [0.15, 0.2) is 30.5 Å². The molecule has 0 saturated carbocycles. The van der Waals surface area contributed by atoms with Crippen LogP contribution in [0.25, 0.3) is 11.0 Å². The average molecular weight is 350 g/mol. The second kappa shape index (κ2) is 6.90. The first-order valence-corrected chi connectivity index (χ1v) is 9.04. The standard InChI is InChI=1S/C21H26N4O/c1-12(2)19-10-16(17-11-22-25(13(3)4)20(17)23-19)21(26)24-18-8-7-14(5)9-15(18)6/h7-13H,1-6H3,(H,24,26). The summed E-state index contributed by atoms with van der Waals surface area (Å²) in [5, 5.41) is 8.28. The van der Waals surface area contributed by atoms with Crippen LogP contribution in [0.2, 0.25) is 0 Å². The average Bonchev–Trinajstić information content (AvgIpc) is 3.00. The third kappa shape index (κ3) is 3.34. The number of nitrogens with zero attached hydrogens (tertiary/aromatic N) is 3. The zero-order valence-electron chi connectivity index (χ0n) is 16.3. The van der Waals surface area contributed by atoms with Crippen LogP contribution in [-0.2, 0) is 0 Å². The number of hydrogen-bond acceptors (Lipinski definition) is 3. The van der Waals surface area contributed by atoms with Crippen LogP contribution in [0.1, 0.15) is 66.8 Å². The Hall–Kier alpha value is -2.69. The molecule has 1 amide bonds. The van der Waals surface area contributed by atoms with Crippen molar-refractivity contribution in [2.24, 2.45) is 0 Å². The number of fused-ring (bicyclic) bond motifs is 1. The van der Waals surface area contributed by atoms with Crippen molar-refractivity contribution < 1.29 is 4.79 Å². The normalized spacial score (nSPS) is 11.5. The third-order valence-corrected chi connectivity index (χ3v) is 4.54. The summed E-state index contributed by atoms with van der Waals surface area (Å²) in [4.78, 5) is 17.8. The number of aryl methyl sites for hydroxylation is 2. The summed E-state index contributed by atoms with van der Waals surface area (Å²) < 4.78 is 1.87. The lowest BCUT2D eigenvalue weighted by atomic mass is 10.0. The first-order valence-electron chi connectivity index (χ1n) is 9.04. The van der Waals surface area contributed by atoms with Gasteiger partial charge in [-0.2, -0.15) is 5.10 Å². The fourth-order valence-electron chi connectivity index (χ4n) is 3.04. The number of anilines is 1. The second-order valence-corrected chi connectivity index (χ2v) is 7.44. The summed E-state index contributed by atoms with van der Waals surface area (Å²) in [6.45, 7) is 12.3. The fourth-order valence-corrected chi connectivity index (χ4v) is 3.04. The fraction of sp³-hybridized carbons (Fsp3) is 0.381. The van der Waals surface area contributed by atoms with Crippen LogP contribution in [0.4, 0.5) is 5.69 Å². The van der Waals surface area contributed by atoms with E-state index in [1.165, 1.54) is 5.56 Å². The Bertz CT molecular complexity index is 970. The highest BCUT2D eigenvalue weighted by atomic mass is 16.1. The molecule has 2 heterocycles. The van der Waals surface area contributed by atoms with Gasteiger partial charge >= 0.3 is 0 Å². The summed E-state index contributed by atoms with van der Waals surface area (Å²) in [6.07, 6.45) is 1.74. The van der Waals surface area contributed by atoms with Crippen molar-refractivity contribution in [3.05, 3.63) is 52.8 Å². The molecule has 5 heteroatoms. The topological polar surface area (TPSA) is 59.8 Å². The van der Waals surface area contributed by atoms with Crippen molar-refractivity contribution in [2.75, 3.05) is 5.32 Å². The highest BCUT2D eigenvalue weighted by Crippen LogP contribution is 2.26. The second-order valence-electron chi connectivity index (χ2n) is 7.44. The Kier molecular flexibility index (Phi) is 4.81. The molecule has 2 aromatic heterocycles. The minimum Gasteiger partial charge on any atom is -0.322 e. The van der Waals surface area contributed by atoms with Crippen LogP contribution in [-0.4, -0.2) is 20.7 Å². The molecule has 0 saturated heterocycles.